The topological polar surface area (TPSA) is 149 Å². The number of fused-ring (bicyclic) bond motifs is 1. The van der Waals surface area contributed by atoms with Gasteiger partial charge in [-0.15, -0.1) is 11.3 Å². The largest absolute Gasteiger partial charge is 0.368 e. The van der Waals surface area contributed by atoms with Crippen LogP contribution in [0.2, 0.25) is 0 Å². The zero-order chi connectivity index (χ0) is 19.6. The molecule has 0 saturated heterocycles. The number of primary amides is 2. The van der Waals surface area contributed by atoms with Gasteiger partial charge < -0.3 is 22.1 Å². The summed E-state index contributed by atoms with van der Waals surface area (Å²) in [5.74, 6) is -0.869. The summed E-state index contributed by atoms with van der Waals surface area (Å²) in [6, 6.07) is 4.96. The minimum Gasteiger partial charge on any atom is -0.368 e. The van der Waals surface area contributed by atoms with E-state index in [1.807, 2.05) is 32.0 Å². The molecule has 1 unspecified atom stereocenters. The first-order chi connectivity index (χ1) is 12.8. The fourth-order valence-electron chi connectivity index (χ4n) is 2.50. The van der Waals surface area contributed by atoms with Crippen LogP contribution in [0.15, 0.2) is 29.9 Å². The summed E-state index contributed by atoms with van der Waals surface area (Å²) in [5, 5.41) is 5.96. The van der Waals surface area contributed by atoms with Crippen LogP contribution in [0.4, 0.5) is 17.5 Å². The molecule has 2 aromatic heterocycles. The van der Waals surface area contributed by atoms with Crippen LogP contribution >= 0.6 is 11.3 Å². The number of hydrogen-bond acceptors (Lipinski definition) is 8. The van der Waals surface area contributed by atoms with Crippen molar-refractivity contribution in [3.63, 3.8) is 0 Å². The maximum Gasteiger partial charge on any atom is 0.254 e. The molecule has 2 heterocycles. The van der Waals surface area contributed by atoms with Crippen LogP contribution in [0.25, 0.3) is 10.2 Å². The summed E-state index contributed by atoms with van der Waals surface area (Å²) in [4.78, 5) is 36.0. The molecule has 0 saturated carbocycles. The fourth-order valence-corrected chi connectivity index (χ4v) is 3.16. The van der Waals surface area contributed by atoms with E-state index in [0.717, 1.165) is 10.2 Å². The van der Waals surface area contributed by atoms with Gasteiger partial charge in [0.25, 0.3) is 5.91 Å². The van der Waals surface area contributed by atoms with Gasteiger partial charge in [0.05, 0.1) is 15.7 Å². The van der Waals surface area contributed by atoms with E-state index < -0.39 is 17.9 Å². The molecule has 2 amide bonds. The van der Waals surface area contributed by atoms with Gasteiger partial charge in [-0.05, 0) is 24.1 Å². The number of benzene rings is 1. The first-order valence-corrected chi connectivity index (χ1v) is 9.06. The third-order valence-electron chi connectivity index (χ3n) is 3.91. The third-order valence-corrected chi connectivity index (χ3v) is 4.72. The van der Waals surface area contributed by atoms with Crippen molar-refractivity contribution in [2.75, 3.05) is 10.6 Å². The van der Waals surface area contributed by atoms with Crippen molar-refractivity contribution in [1.29, 1.82) is 0 Å². The number of nitrogens with one attached hydrogen (secondary N) is 2. The van der Waals surface area contributed by atoms with Crippen LogP contribution in [-0.2, 0) is 4.79 Å². The number of thiazole rings is 1. The van der Waals surface area contributed by atoms with E-state index in [2.05, 4.69) is 25.6 Å². The van der Waals surface area contributed by atoms with Gasteiger partial charge in [-0.3, -0.25) is 9.59 Å². The number of carbonyl (C=O) groups excluding carboxylic acids is 2. The Morgan fingerprint density at radius 2 is 1.96 bits per heavy atom. The molecule has 3 rings (SSSR count). The highest BCUT2D eigenvalue weighted by Crippen LogP contribution is 2.25. The lowest BCUT2D eigenvalue weighted by atomic mass is 10.0. The Labute approximate surface area is 159 Å². The molecule has 1 atom stereocenters. The number of amides is 2. The van der Waals surface area contributed by atoms with E-state index in [0.29, 0.717) is 5.69 Å². The van der Waals surface area contributed by atoms with Crippen LogP contribution < -0.4 is 22.1 Å². The van der Waals surface area contributed by atoms with Gasteiger partial charge in [0, 0.05) is 11.9 Å². The smallest absolute Gasteiger partial charge is 0.254 e. The van der Waals surface area contributed by atoms with Crippen LogP contribution in [-0.4, -0.2) is 32.8 Å². The van der Waals surface area contributed by atoms with Gasteiger partial charge >= 0.3 is 0 Å². The SMILES string of the molecule is CC(C)C(Nc1ncc(C(N)=O)c(Nc2ccc3scnc3c2)n1)C(N)=O. The Kier molecular flexibility index (Phi) is 5.17. The molecule has 0 fully saturated rings. The van der Waals surface area contributed by atoms with E-state index in [1.54, 1.807) is 5.51 Å². The Morgan fingerprint density at radius 3 is 2.63 bits per heavy atom. The van der Waals surface area contributed by atoms with Crippen molar-refractivity contribution in [3.8, 4) is 0 Å². The molecule has 0 aliphatic rings. The summed E-state index contributed by atoms with van der Waals surface area (Å²) >= 11 is 1.53. The number of aromatic nitrogens is 3. The molecule has 27 heavy (non-hydrogen) atoms. The Morgan fingerprint density at radius 1 is 1.19 bits per heavy atom. The normalized spacial score (nSPS) is 12.1. The maximum atomic E-state index is 11.7. The highest BCUT2D eigenvalue weighted by Gasteiger charge is 2.21. The molecule has 0 spiro atoms. The Bertz CT molecular complexity index is 1000. The van der Waals surface area contributed by atoms with Crippen molar-refractivity contribution in [2.24, 2.45) is 17.4 Å². The predicted molar refractivity (Wildman–Crippen MR) is 105 cm³/mol. The van der Waals surface area contributed by atoms with E-state index in [4.69, 9.17) is 11.5 Å². The number of nitrogens with two attached hydrogens (primary N) is 2. The molecule has 1 aromatic carbocycles. The Balaban J connectivity index is 1.93. The van der Waals surface area contributed by atoms with Crippen molar-refractivity contribution in [1.82, 2.24) is 15.0 Å². The van der Waals surface area contributed by atoms with Crippen LogP contribution in [0.5, 0.6) is 0 Å². The third kappa shape index (κ3) is 4.11. The second-order valence-corrected chi connectivity index (χ2v) is 7.13. The standard InChI is InChI=1S/C17H19N7O2S/c1-8(2)13(15(19)26)23-17-20-6-10(14(18)25)16(24-17)22-9-3-4-12-11(5-9)21-7-27-12/h3-8,13H,1-2H3,(H2,18,25)(H2,19,26)(H2,20,22,23,24). The highest BCUT2D eigenvalue weighted by atomic mass is 32.1. The minimum atomic E-state index is -0.672. The molecular weight excluding hydrogens is 366 g/mol. The zero-order valence-corrected chi connectivity index (χ0v) is 15.6. The molecule has 140 valence electrons. The monoisotopic (exact) mass is 385 g/mol. The maximum absolute atomic E-state index is 11.7. The lowest BCUT2D eigenvalue weighted by Gasteiger charge is -2.19. The average Bonchev–Trinajstić information content (AvgIpc) is 3.06. The lowest BCUT2D eigenvalue weighted by molar-refractivity contribution is -0.119. The van der Waals surface area contributed by atoms with E-state index in [-0.39, 0.29) is 23.2 Å². The number of nitrogens with zero attached hydrogens (tertiary/aromatic N) is 3. The summed E-state index contributed by atoms with van der Waals surface area (Å²) < 4.78 is 1.04. The van der Waals surface area contributed by atoms with E-state index >= 15 is 0 Å². The molecule has 0 radical (unpaired) electrons. The van der Waals surface area contributed by atoms with Gasteiger partial charge in [-0.25, -0.2) is 9.97 Å². The minimum absolute atomic E-state index is 0.0644. The summed E-state index contributed by atoms with van der Waals surface area (Å²) in [7, 11) is 0. The fraction of sp³-hybridized carbons (Fsp3) is 0.235. The van der Waals surface area contributed by atoms with Crippen molar-refractivity contribution in [3.05, 3.63) is 35.5 Å². The number of anilines is 3. The quantitative estimate of drug-likeness (QED) is 0.485. The van der Waals surface area contributed by atoms with Gasteiger partial charge in [-0.2, -0.15) is 4.98 Å². The van der Waals surface area contributed by atoms with E-state index in [1.165, 1.54) is 17.5 Å². The van der Waals surface area contributed by atoms with Gasteiger partial charge in [0.15, 0.2) is 0 Å². The first kappa shape index (κ1) is 18.5. The molecule has 0 aliphatic heterocycles. The molecular formula is C17H19N7O2S. The number of carbonyl (C=O) groups is 2. The summed E-state index contributed by atoms with van der Waals surface area (Å²) in [5.41, 5.74) is 14.2. The van der Waals surface area contributed by atoms with Crippen molar-refractivity contribution >= 4 is 50.8 Å². The van der Waals surface area contributed by atoms with Crippen molar-refractivity contribution < 1.29 is 9.59 Å². The van der Waals surface area contributed by atoms with E-state index in [9.17, 15) is 9.59 Å². The van der Waals surface area contributed by atoms with Gasteiger partial charge in [0.2, 0.25) is 11.9 Å². The molecule has 6 N–H and O–H groups in total. The molecule has 0 bridgehead atoms. The average molecular weight is 385 g/mol. The predicted octanol–water partition coefficient (Wildman–Crippen LogP) is 1.85. The Hall–Kier alpha value is -3.27. The molecule has 9 nitrogen and oxygen atoms in total. The molecule has 3 aromatic rings. The first-order valence-electron chi connectivity index (χ1n) is 8.18. The summed E-state index contributed by atoms with van der Waals surface area (Å²) in [6.45, 7) is 3.70. The van der Waals surface area contributed by atoms with Gasteiger partial charge in [0.1, 0.15) is 17.4 Å². The van der Waals surface area contributed by atoms with Crippen LogP contribution in [0.3, 0.4) is 0 Å². The molecule has 0 aliphatic carbocycles. The van der Waals surface area contributed by atoms with Gasteiger partial charge in [-0.1, -0.05) is 13.8 Å². The lowest BCUT2D eigenvalue weighted by Crippen LogP contribution is -2.40. The highest BCUT2D eigenvalue weighted by molar-refractivity contribution is 7.16. The zero-order valence-electron chi connectivity index (χ0n) is 14.8. The number of hydrogen-bond donors (Lipinski definition) is 4. The molecule has 10 heteroatoms. The number of rotatable bonds is 7. The summed E-state index contributed by atoms with van der Waals surface area (Å²) in [6.07, 6.45) is 1.31. The van der Waals surface area contributed by atoms with Crippen molar-refractivity contribution in [2.45, 2.75) is 19.9 Å². The van der Waals surface area contributed by atoms with Crippen LogP contribution in [0.1, 0.15) is 24.2 Å². The second-order valence-electron chi connectivity index (χ2n) is 6.25. The van der Waals surface area contributed by atoms with Crippen LogP contribution in [0, 0.1) is 5.92 Å². The second kappa shape index (κ2) is 7.54.